The molecule has 0 fully saturated rings. The van der Waals surface area contributed by atoms with Gasteiger partial charge in [0.1, 0.15) is 0 Å². The number of rotatable bonds is 4. The van der Waals surface area contributed by atoms with E-state index in [1.54, 1.807) is 6.07 Å². The molecule has 1 aromatic rings. The zero-order valence-corrected chi connectivity index (χ0v) is 9.07. The number of halogens is 1. The molecule has 0 unspecified atom stereocenters. The number of phenolic OH excluding ortho intramolecular Hbond substituents is 1. The normalized spacial score (nSPS) is 11.6. The Labute approximate surface area is 92.8 Å². The van der Waals surface area contributed by atoms with Crippen molar-refractivity contribution in [3.8, 4) is 5.75 Å². The third kappa shape index (κ3) is 2.79. The summed E-state index contributed by atoms with van der Waals surface area (Å²) < 4.78 is 13.1. The third-order valence-electron chi connectivity index (χ3n) is 2.03. The lowest BCUT2D eigenvalue weighted by Gasteiger charge is -2.10. The van der Waals surface area contributed by atoms with E-state index in [9.17, 15) is 9.18 Å². The average molecular weight is 224 g/mol. The number of hydrogen-bond acceptors (Lipinski definition) is 3. The Balaban J connectivity index is 3.11. The molecule has 0 heterocycles. The molecule has 4 nitrogen and oxygen atoms in total. The monoisotopic (exact) mass is 224 g/mol. The van der Waals surface area contributed by atoms with Gasteiger partial charge in [-0.25, -0.2) is 9.82 Å². The molecular formula is C11H13FN2O2. The molecule has 0 aliphatic carbocycles. The van der Waals surface area contributed by atoms with Gasteiger partial charge >= 0.3 is 0 Å². The minimum absolute atomic E-state index is 0.0244. The van der Waals surface area contributed by atoms with Crippen molar-refractivity contribution in [2.45, 2.75) is 13.8 Å². The van der Waals surface area contributed by atoms with E-state index in [0.29, 0.717) is 17.7 Å². The molecule has 0 radical (unpaired) electrons. The topological polar surface area (TPSA) is 61.7 Å². The zero-order chi connectivity index (χ0) is 12.1. The van der Waals surface area contributed by atoms with Crippen LogP contribution >= 0.6 is 0 Å². The van der Waals surface area contributed by atoms with Crippen LogP contribution in [0, 0.1) is 11.7 Å². The summed E-state index contributed by atoms with van der Waals surface area (Å²) in [5, 5.41) is 12.9. The molecular weight excluding hydrogens is 211 g/mol. The highest BCUT2D eigenvalue weighted by Gasteiger charge is 2.11. The van der Waals surface area contributed by atoms with Crippen LogP contribution < -0.4 is 5.43 Å². The first kappa shape index (κ1) is 12.2. The number of amides is 1. The van der Waals surface area contributed by atoms with Gasteiger partial charge in [0.05, 0.1) is 5.71 Å². The maximum absolute atomic E-state index is 13.1. The fraction of sp³-hybridized carbons (Fsp3) is 0.273. The van der Waals surface area contributed by atoms with Crippen molar-refractivity contribution >= 4 is 12.1 Å². The molecule has 0 atom stereocenters. The Morgan fingerprint density at radius 1 is 1.56 bits per heavy atom. The van der Waals surface area contributed by atoms with Gasteiger partial charge in [0.25, 0.3) is 0 Å². The first-order chi connectivity index (χ1) is 7.56. The second kappa shape index (κ2) is 5.25. The lowest BCUT2D eigenvalue weighted by molar-refractivity contribution is -0.109. The fourth-order valence-corrected chi connectivity index (χ4v) is 1.29. The minimum atomic E-state index is -0.711. The third-order valence-corrected chi connectivity index (χ3v) is 2.03. The van der Waals surface area contributed by atoms with Crippen molar-refractivity contribution < 1.29 is 14.3 Å². The summed E-state index contributed by atoms with van der Waals surface area (Å²) >= 11 is 0. The standard InChI is InChI=1S/C11H13FN2O2/c1-7(2)11(14-13-6-15)8-3-4-10(16)9(12)5-8/h3-7,16H,1-2H3,(H,13,15)/b14-11+. The van der Waals surface area contributed by atoms with Gasteiger partial charge < -0.3 is 5.11 Å². The van der Waals surface area contributed by atoms with Crippen molar-refractivity contribution in [1.82, 2.24) is 5.43 Å². The van der Waals surface area contributed by atoms with Crippen LogP contribution in [0.2, 0.25) is 0 Å². The summed E-state index contributed by atoms with van der Waals surface area (Å²) in [4.78, 5) is 10.2. The van der Waals surface area contributed by atoms with Gasteiger partial charge in [-0.1, -0.05) is 13.8 Å². The number of phenols is 1. The minimum Gasteiger partial charge on any atom is -0.505 e. The number of carbonyl (C=O) groups is 1. The second-order valence-corrected chi connectivity index (χ2v) is 3.56. The van der Waals surface area contributed by atoms with Gasteiger partial charge in [0.15, 0.2) is 11.6 Å². The molecule has 0 saturated heterocycles. The first-order valence-electron chi connectivity index (χ1n) is 4.82. The molecule has 0 aliphatic heterocycles. The molecule has 1 amide bonds. The summed E-state index contributed by atoms with van der Waals surface area (Å²) in [6.45, 7) is 3.74. The lowest BCUT2D eigenvalue weighted by Crippen LogP contribution is -2.15. The maximum Gasteiger partial charge on any atom is 0.227 e. The first-order valence-corrected chi connectivity index (χ1v) is 4.82. The lowest BCUT2D eigenvalue weighted by atomic mass is 10.00. The Kier molecular flexibility index (Phi) is 3.99. The molecule has 1 aromatic carbocycles. The van der Waals surface area contributed by atoms with E-state index in [0.717, 1.165) is 0 Å². The van der Waals surface area contributed by atoms with E-state index in [1.165, 1.54) is 12.1 Å². The van der Waals surface area contributed by atoms with Gasteiger partial charge in [0, 0.05) is 5.56 Å². The van der Waals surface area contributed by atoms with E-state index in [2.05, 4.69) is 10.5 Å². The van der Waals surface area contributed by atoms with Crippen LogP contribution in [-0.2, 0) is 4.79 Å². The van der Waals surface area contributed by atoms with E-state index in [1.807, 2.05) is 13.8 Å². The van der Waals surface area contributed by atoms with Gasteiger partial charge in [0.2, 0.25) is 6.41 Å². The van der Waals surface area contributed by atoms with Crippen molar-refractivity contribution in [1.29, 1.82) is 0 Å². The molecule has 0 bridgehead atoms. The van der Waals surface area contributed by atoms with Crippen LogP contribution in [0.5, 0.6) is 5.75 Å². The Morgan fingerprint density at radius 2 is 2.25 bits per heavy atom. The molecule has 2 N–H and O–H groups in total. The number of benzene rings is 1. The molecule has 5 heteroatoms. The van der Waals surface area contributed by atoms with Crippen LogP contribution in [-0.4, -0.2) is 17.2 Å². The summed E-state index contributed by atoms with van der Waals surface area (Å²) in [5.74, 6) is -1.09. The van der Waals surface area contributed by atoms with E-state index in [4.69, 9.17) is 5.11 Å². The van der Waals surface area contributed by atoms with Crippen molar-refractivity contribution in [3.63, 3.8) is 0 Å². The van der Waals surface area contributed by atoms with E-state index in [-0.39, 0.29) is 5.92 Å². The zero-order valence-electron chi connectivity index (χ0n) is 9.07. The van der Waals surface area contributed by atoms with Gasteiger partial charge in [-0.3, -0.25) is 4.79 Å². The quantitative estimate of drug-likeness (QED) is 0.464. The molecule has 16 heavy (non-hydrogen) atoms. The van der Waals surface area contributed by atoms with Gasteiger partial charge in [-0.15, -0.1) is 0 Å². The smallest absolute Gasteiger partial charge is 0.227 e. The predicted octanol–water partition coefficient (Wildman–Crippen LogP) is 1.64. The highest BCUT2D eigenvalue weighted by molar-refractivity contribution is 6.02. The Hall–Kier alpha value is -1.91. The summed E-state index contributed by atoms with van der Waals surface area (Å²) in [7, 11) is 0. The number of nitrogens with one attached hydrogen (secondary N) is 1. The van der Waals surface area contributed by atoms with Crippen molar-refractivity contribution in [2.24, 2.45) is 11.0 Å². The number of carbonyl (C=O) groups excluding carboxylic acids is 1. The molecule has 0 aromatic heterocycles. The fourth-order valence-electron chi connectivity index (χ4n) is 1.29. The Bertz CT molecular complexity index is 416. The number of hydrogen-bond donors (Lipinski definition) is 2. The number of nitrogens with zero attached hydrogens (tertiary/aromatic N) is 1. The van der Waals surface area contributed by atoms with Crippen LogP contribution in [0.3, 0.4) is 0 Å². The molecule has 86 valence electrons. The Morgan fingerprint density at radius 3 is 2.75 bits per heavy atom. The van der Waals surface area contributed by atoms with Crippen LogP contribution in [0.15, 0.2) is 23.3 Å². The number of hydrazone groups is 1. The van der Waals surface area contributed by atoms with E-state index >= 15 is 0 Å². The second-order valence-electron chi connectivity index (χ2n) is 3.56. The summed E-state index contributed by atoms with van der Waals surface area (Å²) in [5.41, 5.74) is 3.26. The van der Waals surface area contributed by atoms with Crippen LogP contribution in [0.1, 0.15) is 19.4 Å². The van der Waals surface area contributed by atoms with Crippen molar-refractivity contribution in [3.05, 3.63) is 29.6 Å². The average Bonchev–Trinajstić information content (AvgIpc) is 2.23. The molecule has 0 saturated carbocycles. The van der Waals surface area contributed by atoms with Gasteiger partial charge in [-0.2, -0.15) is 5.10 Å². The van der Waals surface area contributed by atoms with Gasteiger partial charge in [-0.05, 0) is 24.1 Å². The van der Waals surface area contributed by atoms with Crippen LogP contribution in [0.4, 0.5) is 4.39 Å². The van der Waals surface area contributed by atoms with E-state index < -0.39 is 11.6 Å². The highest BCUT2D eigenvalue weighted by atomic mass is 19.1. The summed E-state index contributed by atoms with van der Waals surface area (Å²) in [6, 6.07) is 3.98. The van der Waals surface area contributed by atoms with Crippen LogP contribution in [0.25, 0.3) is 0 Å². The SMILES string of the molecule is CC(C)/C(=N\NC=O)c1ccc(O)c(F)c1. The molecule has 0 spiro atoms. The molecule has 1 rings (SSSR count). The van der Waals surface area contributed by atoms with Crippen molar-refractivity contribution in [2.75, 3.05) is 0 Å². The summed E-state index contributed by atoms with van der Waals surface area (Å²) in [6.07, 6.45) is 0.444. The number of aromatic hydroxyl groups is 1. The molecule has 0 aliphatic rings. The maximum atomic E-state index is 13.1. The predicted molar refractivity (Wildman–Crippen MR) is 58.6 cm³/mol. The largest absolute Gasteiger partial charge is 0.505 e. The highest BCUT2D eigenvalue weighted by Crippen LogP contribution is 2.18.